The second-order valence-corrected chi connectivity index (χ2v) is 6.04. The van der Waals surface area contributed by atoms with E-state index in [-0.39, 0.29) is 0 Å². The zero-order chi connectivity index (χ0) is 13.0. The molecule has 2 N–H and O–H groups in total. The molecule has 3 heteroatoms. The number of hydrogen-bond acceptors (Lipinski definition) is 3. The lowest BCUT2D eigenvalue weighted by Crippen LogP contribution is -2.22. The molecule has 0 amide bonds. The van der Waals surface area contributed by atoms with Gasteiger partial charge in [0.05, 0.1) is 0 Å². The van der Waals surface area contributed by atoms with Crippen molar-refractivity contribution in [2.24, 2.45) is 11.7 Å². The van der Waals surface area contributed by atoms with Gasteiger partial charge in [-0.1, -0.05) is 25.1 Å². The smallest absolute Gasteiger partial charge is 0.0346 e. The monoisotopic (exact) mass is 262 g/mol. The van der Waals surface area contributed by atoms with E-state index >= 15 is 0 Å². The first-order valence-corrected chi connectivity index (χ1v) is 7.42. The van der Waals surface area contributed by atoms with Crippen molar-refractivity contribution in [3.63, 3.8) is 0 Å². The highest BCUT2D eigenvalue weighted by molar-refractivity contribution is 7.17. The lowest BCUT2D eigenvalue weighted by molar-refractivity contribution is 0.301. The van der Waals surface area contributed by atoms with Crippen molar-refractivity contribution >= 4 is 21.4 Å². The molecule has 1 heterocycles. The first-order chi connectivity index (χ1) is 8.70. The highest BCUT2D eigenvalue weighted by Gasteiger charge is 2.07. The van der Waals surface area contributed by atoms with Crippen molar-refractivity contribution in [1.82, 2.24) is 4.90 Å². The molecule has 2 rings (SSSR count). The molecular formula is C15H22N2S. The minimum atomic E-state index is 0.617. The van der Waals surface area contributed by atoms with Crippen LogP contribution in [0.3, 0.4) is 0 Å². The third kappa shape index (κ3) is 3.31. The molecule has 18 heavy (non-hydrogen) atoms. The van der Waals surface area contributed by atoms with Gasteiger partial charge in [0.1, 0.15) is 0 Å². The Morgan fingerprint density at radius 1 is 1.33 bits per heavy atom. The van der Waals surface area contributed by atoms with Crippen LogP contribution in [0.2, 0.25) is 0 Å². The van der Waals surface area contributed by atoms with Crippen LogP contribution in [0.1, 0.15) is 18.9 Å². The molecule has 1 aromatic carbocycles. The minimum absolute atomic E-state index is 0.617. The van der Waals surface area contributed by atoms with Gasteiger partial charge in [-0.25, -0.2) is 0 Å². The molecule has 0 fully saturated rings. The zero-order valence-electron chi connectivity index (χ0n) is 11.2. The van der Waals surface area contributed by atoms with Gasteiger partial charge in [0, 0.05) is 11.2 Å². The number of nitrogens with zero attached hydrogens (tertiary/aromatic N) is 1. The molecule has 0 saturated carbocycles. The molecule has 2 aromatic rings. The van der Waals surface area contributed by atoms with E-state index in [1.165, 1.54) is 22.1 Å². The van der Waals surface area contributed by atoms with Crippen molar-refractivity contribution in [3.8, 4) is 0 Å². The normalized spacial score (nSPS) is 13.3. The molecule has 1 atom stereocenters. The maximum atomic E-state index is 5.65. The van der Waals surface area contributed by atoms with Crippen LogP contribution >= 0.6 is 11.3 Å². The van der Waals surface area contributed by atoms with Gasteiger partial charge < -0.3 is 10.6 Å². The van der Waals surface area contributed by atoms with Gasteiger partial charge in [-0.3, -0.25) is 0 Å². The summed E-state index contributed by atoms with van der Waals surface area (Å²) in [6.07, 6.45) is 1.18. The lowest BCUT2D eigenvalue weighted by atomic mass is 10.1. The molecule has 0 saturated heterocycles. The van der Waals surface area contributed by atoms with Crippen LogP contribution < -0.4 is 5.73 Å². The minimum Gasteiger partial charge on any atom is -0.330 e. The maximum Gasteiger partial charge on any atom is 0.0346 e. The zero-order valence-corrected chi connectivity index (χ0v) is 12.0. The predicted molar refractivity (Wildman–Crippen MR) is 81.0 cm³/mol. The van der Waals surface area contributed by atoms with E-state index in [9.17, 15) is 0 Å². The molecule has 1 aromatic heterocycles. The van der Waals surface area contributed by atoms with Crippen LogP contribution in [-0.2, 0) is 6.54 Å². The Bertz CT molecular complexity index is 492. The topological polar surface area (TPSA) is 29.3 Å². The molecule has 0 spiro atoms. The van der Waals surface area contributed by atoms with E-state index in [1.54, 1.807) is 0 Å². The van der Waals surface area contributed by atoms with E-state index in [0.29, 0.717) is 5.92 Å². The van der Waals surface area contributed by atoms with Gasteiger partial charge >= 0.3 is 0 Å². The molecule has 0 aliphatic carbocycles. The molecule has 1 unspecified atom stereocenters. The van der Waals surface area contributed by atoms with Crippen LogP contribution in [0.15, 0.2) is 29.6 Å². The molecule has 0 aliphatic heterocycles. The van der Waals surface area contributed by atoms with E-state index in [1.807, 2.05) is 11.3 Å². The first kappa shape index (κ1) is 13.5. The Hall–Kier alpha value is -0.900. The largest absolute Gasteiger partial charge is 0.330 e. The summed E-state index contributed by atoms with van der Waals surface area (Å²) < 4.78 is 1.39. The van der Waals surface area contributed by atoms with Crippen LogP contribution in [0.4, 0.5) is 0 Å². The van der Waals surface area contributed by atoms with Crippen molar-refractivity contribution < 1.29 is 0 Å². The molecule has 0 aliphatic rings. The van der Waals surface area contributed by atoms with Crippen LogP contribution in [-0.4, -0.2) is 25.0 Å². The van der Waals surface area contributed by atoms with Crippen molar-refractivity contribution in [1.29, 1.82) is 0 Å². The third-order valence-corrected chi connectivity index (χ3v) is 4.42. The van der Waals surface area contributed by atoms with E-state index in [0.717, 1.165) is 19.6 Å². The Morgan fingerprint density at radius 3 is 2.89 bits per heavy atom. The Morgan fingerprint density at radius 2 is 2.11 bits per heavy atom. The molecular weight excluding hydrogens is 240 g/mol. The van der Waals surface area contributed by atoms with Gasteiger partial charge in [0.2, 0.25) is 0 Å². The Kier molecular flexibility index (Phi) is 4.75. The average molecular weight is 262 g/mol. The number of nitrogens with two attached hydrogens (primary N) is 1. The van der Waals surface area contributed by atoms with Gasteiger partial charge in [0.25, 0.3) is 0 Å². The van der Waals surface area contributed by atoms with Crippen LogP contribution in [0.5, 0.6) is 0 Å². The third-order valence-electron chi connectivity index (χ3n) is 3.41. The van der Waals surface area contributed by atoms with E-state index in [2.05, 4.69) is 48.5 Å². The van der Waals surface area contributed by atoms with Gasteiger partial charge in [-0.05, 0) is 54.9 Å². The molecule has 0 radical (unpaired) electrons. The number of fused-ring (bicyclic) bond motifs is 1. The summed E-state index contributed by atoms with van der Waals surface area (Å²) in [5.41, 5.74) is 7.09. The summed E-state index contributed by atoms with van der Waals surface area (Å²) in [6, 6.07) is 8.64. The number of thiophene rings is 1. The SMILES string of the molecule is CC(CN)CCN(C)Cc1csc2ccccc12. The Balaban J connectivity index is 1.96. The van der Waals surface area contributed by atoms with Gasteiger partial charge in [0.15, 0.2) is 0 Å². The quantitative estimate of drug-likeness (QED) is 0.865. The van der Waals surface area contributed by atoms with Gasteiger partial charge in [-0.2, -0.15) is 0 Å². The lowest BCUT2D eigenvalue weighted by Gasteiger charge is -2.18. The number of hydrogen-bond donors (Lipinski definition) is 1. The number of benzene rings is 1. The fourth-order valence-corrected chi connectivity index (χ4v) is 3.04. The standard InChI is InChI=1S/C15H22N2S/c1-12(9-16)7-8-17(2)10-13-11-18-15-6-4-3-5-14(13)15/h3-6,11-12H,7-10,16H2,1-2H3. The first-order valence-electron chi connectivity index (χ1n) is 6.54. The predicted octanol–water partition coefficient (Wildman–Crippen LogP) is 3.32. The second kappa shape index (κ2) is 6.32. The summed E-state index contributed by atoms with van der Waals surface area (Å²) >= 11 is 1.84. The highest BCUT2D eigenvalue weighted by atomic mass is 32.1. The highest BCUT2D eigenvalue weighted by Crippen LogP contribution is 2.26. The Labute approximate surface area is 113 Å². The van der Waals surface area contributed by atoms with Crippen molar-refractivity contribution in [2.75, 3.05) is 20.1 Å². The summed E-state index contributed by atoms with van der Waals surface area (Å²) in [7, 11) is 2.19. The van der Waals surface area contributed by atoms with Crippen LogP contribution in [0.25, 0.3) is 10.1 Å². The molecule has 0 bridgehead atoms. The molecule has 2 nitrogen and oxygen atoms in total. The summed E-state index contributed by atoms with van der Waals surface area (Å²) in [4.78, 5) is 2.39. The van der Waals surface area contributed by atoms with Crippen LogP contribution in [0, 0.1) is 5.92 Å². The van der Waals surface area contributed by atoms with Gasteiger partial charge in [-0.15, -0.1) is 11.3 Å². The maximum absolute atomic E-state index is 5.65. The van der Waals surface area contributed by atoms with Crippen molar-refractivity contribution in [2.45, 2.75) is 19.9 Å². The molecule has 98 valence electrons. The summed E-state index contributed by atoms with van der Waals surface area (Å²) in [6.45, 7) is 5.15. The average Bonchev–Trinajstić information content (AvgIpc) is 2.79. The van der Waals surface area contributed by atoms with E-state index < -0.39 is 0 Å². The van der Waals surface area contributed by atoms with Crippen molar-refractivity contribution in [3.05, 3.63) is 35.2 Å². The van der Waals surface area contributed by atoms with E-state index in [4.69, 9.17) is 5.73 Å². The second-order valence-electron chi connectivity index (χ2n) is 5.12. The number of rotatable bonds is 6. The fourth-order valence-electron chi connectivity index (χ4n) is 2.08. The summed E-state index contributed by atoms with van der Waals surface area (Å²) in [5, 5.41) is 3.69. The fraction of sp³-hybridized carbons (Fsp3) is 0.467. The summed E-state index contributed by atoms with van der Waals surface area (Å²) in [5.74, 6) is 0.617.